The number of hydrogen-bond donors (Lipinski definition) is 0. The van der Waals surface area contributed by atoms with Crippen LogP contribution in [0.5, 0.6) is 0 Å². The summed E-state index contributed by atoms with van der Waals surface area (Å²) >= 11 is 0. The Kier molecular flexibility index (Phi) is 4.96. The number of carbonyl (C=O) groups is 1. The van der Waals surface area contributed by atoms with Crippen LogP contribution in [0.3, 0.4) is 0 Å². The van der Waals surface area contributed by atoms with Gasteiger partial charge < -0.3 is 9.90 Å². The first-order valence-corrected chi connectivity index (χ1v) is 5.60. The topological polar surface area (TPSA) is 40.1 Å². The molecule has 0 fully saturated rings. The molecule has 0 spiro atoms. The third-order valence-corrected chi connectivity index (χ3v) is 2.43. The Bertz CT molecular complexity index is 361. The Morgan fingerprint density at radius 1 is 1.25 bits per heavy atom. The molecule has 0 radical (unpaired) electrons. The molecule has 0 amide bonds. The molecule has 1 aromatic carbocycles. The van der Waals surface area contributed by atoms with E-state index in [4.69, 9.17) is 0 Å². The van der Waals surface area contributed by atoms with E-state index in [0.29, 0.717) is 5.56 Å². The molecule has 1 aromatic rings. The van der Waals surface area contributed by atoms with Crippen molar-refractivity contribution in [3.05, 3.63) is 35.1 Å². The lowest BCUT2D eigenvalue weighted by Gasteiger charge is -2.06. The van der Waals surface area contributed by atoms with E-state index in [1.807, 2.05) is 0 Å². The fourth-order valence-electron chi connectivity index (χ4n) is 1.71. The maximum atomic E-state index is 13.2. The van der Waals surface area contributed by atoms with Gasteiger partial charge in [-0.15, -0.1) is 0 Å². The number of aryl methyl sites for hydroxylation is 1. The van der Waals surface area contributed by atoms with Crippen LogP contribution >= 0.6 is 0 Å². The van der Waals surface area contributed by atoms with Gasteiger partial charge in [-0.05, 0) is 36.1 Å². The van der Waals surface area contributed by atoms with E-state index >= 15 is 0 Å². The third-order valence-electron chi connectivity index (χ3n) is 2.43. The lowest BCUT2D eigenvalue weighted by Crippen LogP contribution is -2.24. The largest absolute Gasteiger partial charge is 0.550 e. The summed E-state index contributed by atoms with van der Waals surface area (Å²) in [6.45, 7) is 2.10. The molecule has 0 atom stereocenters. The van der Waals surface area contributed by atoms with Crippen molar-refractivity contribution in [2.24, 2.45) is 0 Å². The molecule has 0 saturated heterocycles. The normalized spacial score (nSPS) is 10.4. The van der Waals surface area contributed by atoms with Gasteiger partial charge in [0.05, 0.1) is 0 Å². The van der Waals surface area contributed by atoms with Gasteiger partial charge in [0.25, 0.3) is 0 Å². The third kappa shape index (κ3) is 4.43. The molecular formula is C13H16FO2-. The molecule has 88 valence electrons. The number of hydrogen-bond acceptors (Lipinski definition) is 2. The second kappa shape index (κ2) is 6.26. The fraction of sp³-hybridized carbons (Fsp3) is 0.462. The van der Waals surface area contributed by atoms with E-state index in [9.17, 15) is 14.3 Å². The zero-order valence-corrected chi connectivity index (χ0v) is 9.46. The van der Waals surface area contributed by atoms with E-state index in [2.05, 4.69) is 6.92 Å². The summed E-state index contributed by atoms with van der Waals surface area (Å²) in [6.07, 6.45) is 3.79. The number of aliphatic carboxylic acids is 1. The Morgan fingerprint density at radius 2 is 1.94 bits per heavy atom. The molecule has 1 rings (SSSR count). The van der Waals surface area contributed by atoms with Gasteiger partial charge in [-0.3, -0.25) is 0 Å². The molecule has 2 nitrogen and oxygen atoms in total. The van der Waals surface area contributed by atoms with Gasteiger partial charge in [0.1, 0.15) is 5.82 Å². The minimum atomic E-state index is -1.18. The van der Waals surface area contributed by atoms with Crippen LogP contribution in [0.4, 0.5) is 4.39 Å². The van der Waals surface area contributed by atoms with Crippen molar-refractivity contribution in [1.82, 2.24) is 0 Å². The van der Waals surface area contributed by atoms with Crippen LogP contribution in [-0.2, 0) is 17.6 Å². The number of carboxylic acids is 1. The SMILES string of the molecule is CCCCCc1cc(F)cc(CC(=O)[O-])c1. The van der Waals surface area contributed by atoms with Gasteiger partial charge >= 0.3 is 0 Å². The van der Waals surface area contributed by atoms with Crippen molar-refractivity contribution in [3.63, 3.8) is 0 Å². The van der Waals surface area contributed by atoms with Gasteiger partial charge in [-0.25, -0.2) is 4.39 Å². The predicted octanol–water partition coefficient (Wildman–Crippen LogP) is 1.85. The molecule has 0 heterocycles. The Balaban J connectivity index is 2.69. The minimum absolute atomic E-state index is 0.224. The monoisotopic (exact) mass is 223 g/mol. The summed E-state index contributed by atoms with van der Waals surface area (Å²) < 4.78 is 13.2. The molecule has 0 N–H and O–H groups in total. The van der Waals surface area contributed by atoms with E-state index in [1.54, 1.807) is 6.07 Å². The number of benzene rings is 1. The summed E-state index contributed by atoms with van der Waals surface area (Å²) in [7, 11) is 0. The first kappa shape index (κ1) is 12.7. The highest BCUT2D eigenvalue weighted by molar-refractivity contribution is 5.68. The molecular weight excluding hydrogens is 207 g/mol. The van der Waals surface area contributed by atoms with Crippen LogP contribution in [-0.4, -0.2) is 5.97 Å². The standard InChI is InChI=1S/C13H17FO2/c1-2-3-4-5-10-6-11(9-13(15)16)8-12(14)7-10/h6-8H,2-5,9H2,1H3,(H,15,16)/p-1. The van der Waals surface area contributed by atoms with Crippen LogP contribution in [0.15, 0.2) is 18.2 Å². The number of carbonyl (C=O) groups excluding carboxylic acids is 1. The fourth-order valence-corrected chi connectivity index (χ4v) is 1.71. The molecule has 0 aliphatic carbocycles. The Hall–Kier alpha value is -1.38. The summed E-state index contributed by atoms with van der Waals surface area (Å²) in [5.41, 5.74) is 1.34. The Morgan fingerprint density at radius 3 is 2.56 bits per heavy atom. The summed E-state index contributed by atoms with van der Waals surface area (Å²) in [6, 6.07) is 4.46. The molecule has 0 aromatic heterocycles. The highest BCUT2D eigenvalue weighted by atomic mass is 19.1. The molecule has 0 saturated carbocycles. The predicted molar refractivity (Wildman–Crippen MR) is 58.3 cm³/mol. The molecule has 3 heteroatoms. The first-order valence-electron chi connectivity index (χ1n) is 5.60. The van der Waals surface area contributed by atoms with Gasteiger partial charge in [0.15, 0.2) is 0 Å². The average molecular weight is 223 g/mol. The summed E-state index contributed by atoms with van der Waals surface area (Å²) in [4.78, 5) is 10.4. The van der Waals surface area contributed by atoms with Crippen molar-refractivity contribution < 1.29 is 14.3 Å². The first-order chi connectivity index (χ1) is 7.61. The Labute approximate surface area is 95.1 Å². The van der Waals surface area contributed by atoms with Crippen molar-refractivity contribution in [1.29, 1.82) is 0 Å². The minimum Gasteiger partial charge on any atom is -0.550 e. The van der Waals surface area contributed by atoms with Crippen molar-refractivity contribution in [3.8, 4) is 0 Å². The summed E-state index contributed by atoms with van der Waals surface area (Å²) in [5.74, 6) is -1.55. The number of rotatable bonds is 6. The lowest BCUT2D eigenvalue weighted by molar-refractivity contribution is -0.304. The van der Waals surface area contributed by atoms with Crippen LogP contribution in [0.1, 0.15) is 37.3 Å². The molecule has 0 bridgehead atoms. The highest BCUT2D eigenvalue weighted by Crippen LogP contribution is 2.13. The van der Waals surface area contributed by atoms with E-state index in [0.717, 1.165) is 31.2 Å². The average Bonchev–Trinajstić information content (AvgIpc) is 2.16. The van der Waals surface area contributed by atoms with Gasteiger partial charge in [-0.2, -0.15) is 0 Å². The van der Waals surface area contributed by atoms with Crippen molar-refractivity contribution in [2.45, 2.75) is 39.0 Å². The van der Waals surface area contributed by atoms with Crippen LogP contribution in [0.2, 0.25) is 0 Å². The van der Waals surface area contributed by atoms with Gasteiger partial charge in [0, 0.05) is 12.4 Å². The van der Waals surface area contributed by atoms with Crippen molar-refractivity contribution >= 4 is 5.97 Å². The quantitative estimate of drug-likeness (QED) is 0.690. The molecule has 0 aliphatic rings. The molecule has 16 heavy (non-hydrogen) atoms. The second-order valence-corrected chi connectivity index (χ2v) is 3.97. The summed E-state index contributed by atoms with van der Waals surface area (Å²) in [5, 5.41) is 10.4. The zero-order chi connectivity index (χ0) is 12.0. The van der Waals surface area contributed by atoms with Gasteiger partial charge in [0.2, 0.25) is 0 Å². The smallest absolute Gasteiger partial charge is 0.123 e. The number of carboxylic acid groups (broad SMARTS) is 1. The second-order valence-electron chi connectivity index (χ2n) is 3.97. The molecule has 0 aliphatic heterocycles. The maximum Gasteiger partial charge on any atom is 0.123 e. The highest BCUT2D eigenvalue weighted by Gasteiger charge is 2.01. The van der Waals surface area contributed by atoms with E-state index in [-0.39, 0.29) is 12.2 Å². The number of unbranched alkanes of at least 4 members (excludes halogenated alkanes) is 2. The lowest BCUT2D eigenvalue weighted by atomic mass is 10.0. The maximum absolute atomic E-state index is 13.2. The van der Waals surface area contributed by atoms with Crippen LogP contribution in [0, 0.1) is 5.82 Å². The van der Waals surface area contributed by atoms with E-state index in [1.165, 1.54) is 12.1 Å². The van der Waals surface area contributed by atoms with Crippen LogP contribution in [0.25, 0.3) is 0 Å². The zero-order valence-electron chi connectivity index (χ0n) is 9.46. The van der Waals surface area contributed by atoms with Gasteiger partial charge in [-0.1, -0.05) is 25.8 Å². The van der Waals surface area contributed by atoms with E-state index < -0.39 is 5.97 Å². The molecule has 0 unspecified atom stereocenters. The number of halogens is 1. The van der Waals surface area contributed by atoms with Crippen molar-refractivity contribution in [2.75, 3.05) is 0 Å². The van der Waals surface area contributed by atoms with Crippen LogP contribution < -0.4 is 5.11 Å².